The number of carbonyl (C=O) groups is 1. The van der Waals surface area contributed by atoms with Gasteiger partial charge in [-0.1, -0.05) is 15.9 Å². The molecule has 1 aromatic carbocycles. The second kappa shape index (κ2) is 4.54. The monoisotopic (exact) mass is 299 g/mol. The average Bonchev–Trinajstić information content (AvgIpc) is 2.71. The molecule has 3 N–H and O–H groups in total. The zero-order chi connectivity index (χ0) is 12.4. The maximum absolute atomic E-state index is 13.5. The van der Waals surface area contributed by atoms with Gasteiger partial charge in [-0.05, 0) is 18.2 Å². The highest BCUT2D eigenvalue weighted by molar-refractivity contribution is 9.10. The van der Waals surface area contributed by atoms with Crippen molar-refractivity contribution in [3.8, 4) is 0 Å². The van der Waals surface area contributed by atoms with Gasteiger partial charge in [0.2, 0.25) is 5.82 Å². The summed E-state index contributed by atoms with van der Waals surface area (Å²) in [6.07, 6.45) is 1.28. The van der Waals surface area contributed by atoms with Crippen LogP contribution in [0.25, 0.3) is 0 Å². The molecule has 2 rings (SSSR count). The number of carboxylic acid groups (broad SMARTS) is 1. The third-order valence-corrected chi connectivity index (χ3v) is 2.47. The minimum atomic E-state index is -1.17. The number of anilines is 2. The maximum atomic E-state index is 13.5. The summed E-state index contributed by atoms with van der Waals surface area (Å²) in [6.45, 7) is 0. The van der Waals surface area contributed by atoms with Gasteiger partial charge in [-0.15, -0.1) is 0 Å². The molecule has 0 aliphatic rings. The van der Waals surface area contributed by atoms with Crippen LogP contribution in [0.4, 0.5) is 15.9 Å². The molecule has 0 fully saturated rings. The molecule has 0 amide bonds. The van der Waals surface area contributed by atoms with E-state index in [1.54, 1.807) is 6.07 Å². The molecule has 0 radical (unpaired) electrons. The number of hydrogen-bond donors (Lipinski definition) is 3. The third kappa shape index (κ3) is 2.62. The van der Waals surface area contributed by atoms with Crippen molar-refractivity contribution in [3.63, 3.8) is 0 Å². The van der Waals surface area contributed by atoms with Crippen LogP contribution in [0.15, 0.2) is 28.9 Å². The molecule has 5 nitrogen and oxygen atoms in total. The van der Waals surface area contributed by atoms with Crippen LogP contribution in [-0.2, 0) is 0 Å². The Labute approximate surface area is 104 Å². The molecule has 17 heavy (non-hydrogen) atoms. The molecular formula is C10H7BrFN3O2. The molecule has 0 aliphatic carbocycles. The number of nitrogens with one attached hydrogen (secondary N) is 2. The number of rotatable bonds is 3. The molecule has 0 aliphatic heterocycles. The summed E-state index contributed by atoms with van der Waals surface area (Å²) in [5, 5.41) is 11.4. The second-order valence-electron chi connectivity index (χ2n) is 3.20. The lowest BCUT2D eigenvalue weighted by Crippen LogP contribution is -1.99. The van der Waals surface area contributed by atoms with E-state index in [4.69, 9.17) is 5.11 Å². The van der Waals surface area contributed by atoms with E-state index in [1.165, 1.54) is 18.3 Å². The van der Waals surface area contributed by atoms with Crippen LogP contribution in [0, 0.1) is 5.82 Å². The van der Waals surface area contributed by atoms with E-state index < -0.39 is 11.8 Å². The van der Waals surface area contributed by atoms with E-state index in [0.29, 0.717) is 10.3 Å². The number of imidazole rings is 1. The molecule has 0 bridgehead atoms. The van der Waals surface area contributed by atoms with Crippen molar-refractivity contribution in [2.24, 2.45) is 0 Å². The van der Waals surface area contributed by atoms with Crippen LogP contribution in [-0.4, -0.2) is 21.0 Å². The van der Waals surface area contributed by atoms with Gasteiger partial charge in [0.25, 0.3) is 0 Å². The minimum Gasteiger partial charge on any atom is -0.475 e. The van der Waals surface area contributed by atoms with Crippen LogP contribution in [0.3, 0.4) is 0 Å². The first kappa shape index (κ1) is 11.6. The number of aromatic amines is 1. The summed E-state index contributed by atoms with van der Waals surface area (Å²) >= 11 is 3.14. The van der Waals surface area contributed by atoms with Gasteiger partial charge in [0.05, 0.1) is 11.9 Å². The Kier molecular flexibility index (Phi) is 3.10. The molecular weight excluding hydrogens is 293 g/mol. The number of aromatic carboxylic acids is 1. The molecule has 0 spiro atoms. The van der Waals surface area contributed by atoms with Crippen molar-refractivity contribution in [2.75, 3.05) is 5.32 Å². The highest BCUT2D eigenvalue weighted by Gasteiger charge is 2.09. The van der Waals surface area contributed by atoms with Gasteiger partial charge in [0.15, 0.2) is 0 Å². The highest BCUT2D eigenvalue weighted by Crippen LogP contribution is 2.22. The van der Waals surface area contributed by atoms with Gasteiger partial charge < -0.3 is 15.4 Å². The fourth-order valence-electron chi connectivity index (χ4n) is 1.23. The summed E-state index contributed by atoms with van der Waals surface area (Å²) in [5.41, 5.74) is 0.230. The largest absolute Gasteiger partial charge is 0.475 e. The Hall–Kier alpha value is -1.89. The number of carboxylic acids is 1. The van der Waals surface area contributed by atoms with Crippen molar-refractivity contribution in [1.82, 2.24) is 9.97 Å². The summed E-state index contributed by atoms with van der Waals surface area (Å²) in [6, 6.07) is 4.50. The zero-order valence-corrected chi connectivity index (χ0v) is 9.95. The van der Waals surface area contributed by atoms with Crippen molar-refractivity contribution < 1.29 is 14.3 Å². The van der Waals surface area contributed by atoms with Gasteiger partial charge in [0, 0.05) is 4.47 Å². The van der Waals surface area contributed by atoms with Crippen LogP contribution in [0.1, 0.15) is 10.6 Å². The lowest BCUT2D eigenvalue weighted by atomic mass is 10.3. The topological polar surface area (TPSA) is 78.0 Å². The van der Waals surface area contributed by atoms with Crippen LogP contribution >= 0.6 is 15.9 Å². The Bertz CT molecular complexity index is 570. The van der Waals surface area contributed by atoms with E-state index in [0.717, 1.165) is 0 Å². The number of H-pyrrole nitrogens is 1. The molecule has 0 atom stereocenters. The summed E-state index contributed by atoms with van der Waals surface area (Å²) < 4.78 is 14.1. The normalized spacial score (nSPS) is 10.2. The second-order valence-corrected chi connectivity index (χ2v) is 4.12. The Morgan fingerprint density at radius 3 is 2.88 bits per heavy atom. The van der Waals surface area contributed by atoms with Crippen LogP contribution in [0.5, 0.6) is 0 Å². The predicted molar refractivity (Wildman–Crippen MR) is 62.9 cm³/mol. The molecule has 1 heterocycles. The van der Waals surface area contributed by atoms with Gasteiger partial charge in [0.1, 0.15) is 11.6 Å². The maximum Gasteiger partial charge on any atom is 0.371 e. The molecule has 0 saturated heterocycles. The average molecular weight is 300 g/mol. The standard InChI is InChI=1S/C10H7BrFN3O2/c11-5-1-2-7(6(12)3-5)14-8-4-13-9(15-8)10(16)17/h1-4,14H,(H,13,15)(H,16,17). The first-order valence-electron chi connectivity index (χ1n) is 4.56. The SMILES string of the molecule is O=C(O)c1ncc(Nc2ccc(Br)cc2F)[nH]1. The molecule has 0 unspecified atom stereocenters. The molecule has 1 aromatic heterocycles. The lowest BCUT2D eigenvalue weighted by Gasteiger charge is -2.04. The first-order valence-corrected chi connectivity index (χ1v) is 5.36. The highest BCUT2D eigenvalue weighted by atomic mass is 79.9. The minimum absolute atomic E-state index is 0.204. The molecule has 0 saturated carbocycles. The fraction of sp³-hybridized carbons (Fsp3) is 0. The predicted octanol–water partition coefficient (Wildman–Crippen LogP) is 2.75. The van der Waals surface area contributed by atoms with E-state index in [-0.39, 0.29) is 11.5 Å². The quantitative estimate of drug-likeness (QED) is 0.814. The van der Waals surface area contributed by atoms with Gasteiger partial charge >= 0.3 is 5.97 Å². The van der Waals surface area contributed by atoms with E-state index in [2.05, 4.69) is 31.2 Å². The third-order valence-electron chi connectivity index (χ3n) is 1.98. The lowest BCUT2D eigenvalue weighted by molar-refractivity contribution is 0.0685. The number of halogens is 2. The molecule has 88 valence electrons. The summed E-state index contributed by atoms with van der Waals surface area (Å²) in [7, 11) is 0. The number of aromatic nitrogens is 2. The zero-order valence-electron chi connectivity index (χ0n) is 8.37. The van der Waals surface area contributed by atoms with Gasteiger partial charge in [-0.2, -0.15) is 0 Å². The van der Waals surface area contributed by atoms with Crippen LogP contribution < -0.4 is 5.32 Å². The number of hydrogen-bond acceptors (Lipinski definition) is 3. The van der Waals surface area contributed by atoms with E-state index in [9.17, 15) is 9.18 Å². The van der Waals surface area contributed by atoms with Crippen LogP contribution in [0.2, 0.25) is 0 Å². The summed E-state index contributed by atoms with van der Waals surface area (Å²) in [4.78, 5) is 16.7. The fourth-order valence-corrected chi connectivity index (χ4v) is 1.56. The smallest absolute Gasteiger partial charge is 0.371 e. The molecule has 7 heteroatoms. The number of benzene rings is 1. The van der Waals surface area contributed by atoms with Crippen molar-refractivity contribution >= 4 is 33.4 Å². The van der Waals surface area contributed by atoms with Gasteiger partial charge in [-0.25, -0.2) is 14.2 Å². The Morgan fingerprint density at radius 2 is 2.29 bits per heavy atom. The molecule has 2 aromatic rings. The first-order chi connectivity index (χ1) is 8.06. The van der Waals surface area contributed by atoms with E-state index in [1.807, 2.05) is 0 Å². The van der Waals surface area contributed by atoms with Crippen molar-refractivity contribution in [1.29, 1.82) is 0 Å². The Morgan fingerprint density at radius 1 is 1.53 bits per heavy atom. The van der Waals surface area contributed by atoms with E-state index >= 15 is 0 Å². The number of nitrogens with zero attached hydrogens (tertiary/aromatic N) is 1. The Balaban J connectivity index is 2.22. The summed E-state index contributed by atoms with van der Waals surface area (Å²) in [5.74, 6) is -1.52. The van der Waals surface area contributed by atoms with Crippen molar-refractivity contribution in [3.05, 3.63) is 40.5 Å². The van der Waals surface area contributed by atoms with Crippen molar-refractivity contribution in [2.45, 2.75) is 0 Å². The van der Waals surface area contributed by atoms with Gasteiger partial charge in [-0.3, -0.25) is 0 Å².